The zero-order chi connectivity index (χ0) is 10.8. The van der Waals surface area contributed by atoms with Crippen LogP contribution in [0.5, 0.6) is 0 Å². The summed E-state index contributed by atoms with van der Waals surface area (Å²) in [6.45, 7) is 0. The second kappa shape index (κ2) is 5.45. The first kappa shape index (κ1) is 13.2. The van der Waals surface area contributed by atoms with E-state index in [-0.39, 0.29) is 29.6 Å². The number of hydrogen-bond donors (Lipinski definition) is 2. The third-order valence-electron chi connectivity index (χ3n) is 2.03. The van der Waals surface area contributed by atoms with E-state index in [2.05, 4.69) is 5.32 Å². The molecule has 1 aromatic rings. The van der Waals surface area contributed by atoms with E-state index in [1.165, 1.54) is 0 Å². The Kier molecular flexibility index (Phi) is 4.49. The molecule has 0 aliphatic carbocycles. The van der Waals surface area contributed by atoms with Crippen LogP contribution in [0.3, 0.4) is 0 Å². The fraction of sp³-hybridized carbons (Fsp3) is 0.200. The van der Waals surface area contributed by atoms with Crippen LogP contribution >= 0.6 is 0 Å². The normalized spacial score (nSPS) is 21.8. The van der Waals surface area contributed by atoms with E-state index in [4.69, 9.17) is 9.84 Å². The van der Waals surface area contributed by atoms with Gasteiger partial charge in [0.1, 0.15) is 0 Å². The molecule has 1 fully saturated rings. The van der Waals surface area contributed by atoms with E-state index in [1.54, 1.807) is 24.3 Å². The van der Waals surface area contributed by atoms with Gasteiger partial charge < -0.3 is 15.2 Å². The Balaban J connectivity index is 0.00000128. The van der Waals surface area contributed by atoms with Crippen LogP contribution in [-0.2, 0) is 14.3 Å². The maximum absolute atomic E-state index is 11.4. The van der Waals surface area contributed by atoms with Crippen LogP contribution < -0.4 is 5.32 Å². The summed E-state index contributed by atoms with van der Waals surface area (Å²) in [5, 5.41) is 11.1. The molecule has 0 aromatic heterocycles. The first-order valence-corrected chi connectivity index (χ1v) is 4.42. The summed E-state index contributed by atoms with van der Waals surface area (Å²) in [5.74, 6) is -1.53. The van der Waals surface area contributed by atoms with Gasteiger partial charge in [0.15, 0.2) is 12.2 Å². The van der Waals surface area contributed by atoms with Crippen molar-refractivity contribution >= 4 is 47.1 Å². The second-order valence-electron chi connectivity index (χ2n) is 3.17. The summed E-state index contributed by atoms with van der Waals surface area (Å²) < 4.78 is 4.70. The van der Waals surface area contributed by atoms with Gasteiger partial charge in [0.05, 0.1) is 0 Å². The van der Waals surface area contributed by atoms with E-state index < -0.39 is 24.1 Å². The molecule has 2 unspecified atom stereocenters. The van der Waals surface area contributed by atoms with Crippen molar-refractivity contribution < 1.29 is 19.4 Å². The van der Waals surface area contributed by atoms with E-state index >= 15 is 0 Å². The Morgan fingerprint density at radius 2 is 1.81 bits per heavy atom. The molecule has 16 heavy (non-hydrogen) atoms. The zero-order valence-electron chi connectivity index (χ0n) is 7.71. The number of ether oxygens (including phenoxy) is 1. The first-order valence-electron chi connectivity index (χ1n) is 4.42. The van der Waals surface area contributed by atoms with Crippen LogP contribution in [0.1, 0.15) is 0 Å². The van der Waals surface area contributed by atoms with Gasteiger partial charge in [-0.2, -0.15) is 0 Å². The number of aliphatic carboxylic acids is 1. The second-order valence-corrected chi connectivity index (χ2v) is 3.17. The number of carboxylic acids is 1. The number of carbonyl (C=O) groups is 2. The molecular formula is C10H10NNaO4. The maximum atomic E-state index is 11.4. The van der Waals surface area contributed by atoms with Crippen LogP contribution in [-0.4, -0.2) is 58.7 Å². The van der Waals surface area contributed by atoms with Crippen LogP contribution in [0, 0.1) is 0 Å². The van der Waals surface area contributed by atoms with Gasteiger partial charge in [-0.25, -0.2) is 4.79 Å². The number of nitrogens with one attached hydrogen (secondary N) is 1. The van der Waals surface area contributed by atoms with Gasteiger partial charge in [-0.3, -0.25) is 4.79 Å². The number of epoxide rings is 1. The van der Waals surface area contributed by atoms with E-state index in [0.717, 1.165) is 0 Å². The van der Waals surface area contributed by atoms with Crippen molar-refractivity contribution in [1.29, 1.82) is 0 Å². The predicted octanol–water partition coefficient (Wildman–Crippen LogP) is -0.171. The van der Waals surface area contributed by atoms with Crippen LogP contribution in [0.4, 0.5) is 5.69 Å². The van der Waals surface area contributed by atoms with Gasteiger partial charge in [0.25, 0.3) is 5.91 Å². The van der Waals surface area contributed by atoms with Crippen molar-refractivity contribution in [1.82, 2.24) is 0 Å². The number of hydrogen-bond acceptors (Lipinski definition) is 3. The Morgan fingerprint density at radius 1 is 1.19 bits per heavy atom. The fourth-order valence-corrected chi connectivity index (χ4v) is 1.23. The molecular weight excluding hydrogens is 221 g/mol. The third kappa shape index (κ3) is 3.05. The van der Waals surface area contributed by atoms with E-state index in [0.29, 0.717) is 5.69 Å². The molecule has 0 saturated carbocycles. The molecule has 2 N–H and O–H groups in total. The average molecular weight is 231 g/mol. The van der Waals surface area contributed by atoms with Crippen molar-refractivity contribution in [3.05, 3.63) is 30.3 Å². The molecule has 6 heteroatoms. The van der Waals surface area contributed by atoms with Gasteiger partial charge in [-0.1, -0.05) is 18.2 Å². The van der Waals surface area contributed by atoms with Crippen molar-refractivity contribution in [3.8, 4) is 0 Å². The average Bonchev–Trinajstić information content (AvgIpc) is 2.98. The van der Waals surface area contributed by atoms with Crippen molar-refractivity contribution in [2.24, 2.45) is 0 Å². The number of anilines is 1. The van der Waals surface area contributed by atoms with Crippen LogP contribution in [0.15, 0.2) is 30.3 Å². The molecule has 80 valence electrons. The van der Waals surface area contributed by atoms with Gasteiger partial charge in [-0.05, 0) is 12.1 Å². The third-order valence-corrected chi connectivity index (χ3v) is 2.03. The Hall–Kier alpha value is -0.880. The van der Waals surface area contributed by atoms with Crippen molar-refractivity contribution in [3.63, 3.8) is 0 Å². The standard InChI is InChI=1S/C10H9NO4.Na.H/c12-9(7-8(15-7)10(13)14)11-6-4-2-1-3-5-6;;/h1-5,7-8H,(H,11,12)(H,13,14);;. The van der Waals surface area contributed by atoms with E-state index in [9.17, 15) is 9.59 Å². The van der Waals surface area contributed by atoms with Crippen molar-refractivity contribution in [2.75, 3.05) is 5.32 Å². The SMILES string of the molecule is O=C(O)C1OC1C(=O)Nc1ccccc1.[NaH]. The van der Waals surface area contributed by atoms with Crippen LogP contribution in [0.2, 0.25) is 0 Å². The molecule has 1 aliphatic heterocycles. The van der Waals surface area contributed by atoms with E-state index in [1.807, 2.05) is 6.07 Å². The number of carbonyl (C=O) groups excluding carboxylic acids is 1. The molecule has 0 radical (unpaired) electrons. The monoisotopic (exact) mass is 231 g/mol. The molecule has 0 spiro atoms. The number of benzene rings is 1. The Morgan fingerprint density at radius 3 is 2.31 bits per heavy atom. The number of carboxylic acid groups (broad SMARTS) is 1. The summed E-state index contributed by atoms with van der Waals surface area (Å²) in [6.07, 6.45) is -1.85. The van der Waals surface area contributed by atoms with Crippen molar-refractivity contribution in [2.45, 2.75) is 12.2 Å². The fourth-order valence-electron chi connectivity index (χ4n) is 1.23. The molecule has 1 heterocycles. The first-order chi connectivity index (χ1) is 7.18. The molecule has 5 nitrogen and oxygen atoms in total. The summed E-state index contributed by atoms with van der Waals surface area (Å²) >= 11 is 0. The molecule has 0 bridgehead atoms. The molecule has 1 amide bonds. The summed E-state index contributed by atoms with van der Waals surface area (Å²) in [4.78, 5) is 21.8. The Labute approximate surface area is 114 Å². The number of amides is 1. The Bertz CT molecular complexity index is 395. The zero-order valence-corrected chi connectivity index (χ0v) is 7.71. The predicted molar refractivity (Wildman–Crippen MR) is 58.5 cm³/mol. The molecule has 2 atom stereocenters. The van der Waals surface area contributed by atoms with Crippen LogP contribution in [0.25, 0.3) is 0 Å². The topological polar surface area (TPSA) is 78.9 Å². The summed E-state index contributed by atoms with van der Waals surface area (Å²) in [7, 11) is 0. The van der Waals surface area contributed by atoms with Gasteiger partial charge >= 0.3 is 35.5 Å². The number of rotatable bonds is 3. The molecule has 1 aromatic carbocycles. The van der Waals surface area contributed by atoms with Gasteiger partial charge in [0.2, 0.25) is 0 Å². The summed E-state index contributed by atoms with van der Waals surface area (Å²) in [5.41, 5.74) is 0.627. The number of para-hydroxylation sites is 1. The molecule has 2 rings (SSSR count). The minimum atomic E-state index is -1.11. The van der Waals surface area contributed by atoms with Gasteiger partial charge in [-0.15, -0.1) is 0 Å². The molecule has 1 saturated heterocycles. The summed E-state index contributed by atoms with van der Waals surface area (Å²) in [6, 6.07) is 8.81. The van der Waals surface area contributed by atoms with Gasteiger partial charge in [0, 0.05) is 5.69 Å². The minimum absolute atomic E-state index is 0. The molecule has 1 aliphatic rings. The quantitative estimate of drug-likeness (QED) is 0.559.